The summed E-state index contributed by atoms with van der Waals surface area (Å²) in [5.41, 5.74) is 1.16. The van der Waals surface area contributed by atoms with E-state index in [0.717, 1.165) is 0 Å². The van der Waals surface area contributed by atoms with Crippen molar-refractivity contribution in [1.82, 2.24) is 4.98 Å². The average Bonchev–Trinajstić information content (AvgIpc) is 2.97. The number of nitro benzene ring substituents is 1. The molecule has 0 amide bonds. The quantitative estimate of drug-likeness (QED) is 0.513. The summed E-state index contributed by atoms with van der Waals surface area (Å²) in [5.74, 6) is -1.25. The van der Waals surface area contributed by atoms with E-state index in [-0.39, 0.29) is 23.4 Å². The first-order chi connectivity index (χ1) is 11.0. The minimum atomic E-state index is -0.638. The molecule has 0 saturated heterocycles. The lowest BCUT2D eigenvalue weighted by Crippen LogP contribution is -2.09. The van der Waals surface area contributed by atoms with Crippen LogP contribution in [0.15, 0.2) is 30.5 Å². The topological polar surface area (TPSA) is 112 Å². The van der Waals surface area contributed by atoms with Crippen molar-refractivity contribution in [1.29, 1.82) is 0 Å². The summed E-state index contributed by atoms with van der Waals surface area (Å²) in [7, 11) is 2.45. The number of aromatic nitrogens is 1. The molecule has 1 aromatic heterocycles. The van der Waals surface area contributed by atoms with Gasteiger partial charge in [-0.2, -0.15) is 0 Å². The number of nitrogens with zero attached hydrogens (tertiary/aromatic N) is 1. The smallest absolute Gasteiger partial charge is 0.354 e. The number of carbonyl (C=O) groups excluding carboxylic acids is 2. The molecule has 0 spiro atoms. The van der Waals surface area contributed by atoms with Crippen molar-refractivity contribution in [2.45, 2.75) is 6.42 Å². The van der Waals surface area contributed by atoms with Crippen LogP contribution < -0.4 is 0 Å². The molecule has 0 aliphatic carbocycles. The van der Waals surface area contributed by atoms with E-state index in [1.807, 2.05) is 0 Å². The van der Waals surface area contributed by atoms with Gasteiger partial charge in [-0.25, -0.2) is 9.59 Å². The molecule has 0 fully saturated rings. The van der Waals surface area contributed by atoms with Gasteiger partial charge in [-0.15, -0.1) is 0 Å². The highest BCUT2D eigenvalue weighted by Gasteiger charge is 2.23. The van der Waals surface area contributed by atoms with Crippen LogP contribution in [-0.2, 0) is 15.9 Å². The first-order valence-electron chi connectivity index (χ1n) is 6.58. The zero-order valence-corrected chi connectivity index (χ0v) is 12.5. The van der Waals surface area contributed by atoms with Crippen LogP contribution in [0.3, 0.4) is 0 Å². The fourth-order valence-electron chi connectivity index (χ4n) is 2.20. The predicted octanol–water partition coefficient (Wildman–Crippen LogP) is 2.09. The van der Waals surface area contributed by atoms with Gasteiger partial charge in [0.05, 0.1) is 24.7 Å². The summed E-state index contributed by atoms with van der Waals surface area (Å²) >= 11 is 0. The highest BCUT2D eigenvalue weighted by atomic mass is 16.6. The fraction of sp³-hybridized carbons (Fsp3) is 0.200. The Balaban J connectivity index is 2.46. The highest BCUT2D eigenvalue weighted by molar-refractivity contribution is 5.97. The van der Waals surface area contributed by atoms with Crippen LogP contribution in [0.25, 0.3) is 0 Å². The van der Waals surface area contributed by atoms with Crippen molar-refractivity contribution in [2.24, 2.45) is 0 Å². The van der Waals surface area contributed by atoms with Crippen molar-refractivity contribution in [3.05, 3.63) is 63.0 Å². The third kappa shape index (κ3) is 3.37. The molecule has 0 bridgehead atoms. The zero-order valence-electron chi connectivity index (χ0n) is 12.5. The van der Waals surface area contributed by atoms with Crippen molar-refractivity contribution >= 4 is 17.6 Å². The molecule has 120 valence electrons. The van der Waals surface area contributed by atoms with E-state index in [2.05, 4.69) is 14.5 Å². The minimum absolute atomic E-state index is 0.0720. The van der Waals surface area contributed by atoms with Crippen LogP contribution in [0, 0.1) is 10.1 Å². The average molecular weight is 318 g/mol. The lowest BCUT2D eigenvalue weighted by molar-refractivity contribution is -0.384. The maximum Gasteiger partial charge on any atom is 0.354 e. The molecule has 2 aromatic rings. The second-order valence-corrected chi connectivity index (χ2v) is 4.64. The van der Waals surface area contributed by atoms with E-state index in [9.17, 15) is 19.7 Å². The van der Waals surface area contributed by atoms with Gasteiger partial charge in [-0.1, -0.05) is 12.1 Å². The molecule has 0 aliphatic heterocycles. The third-order valence-electron chi connectivity index (χ3n) is 3.28. The van der Waals surface area contributed by atoms with Gasteiger partial charge < -0.3 is 14.5 Å². The monoisotopic (exact) mass is 318 g/mol. The molecular weight excluding hydrogens is 304 g/mol. The van der Waals surface area contributed by atoms with Crippen molar-refractivity contribution < 1.29 is 24.0 Å². The summed E-state index contributed by atoms with van der Waals surface area (Å²) in [6.07, 6.45) is 1.49. The summed E-state index contributed by atoms with van der Waals surface area (Å²) in [4.78, 5) is 36.7. The van der Waals surface area contributed by atoms with Gasteiger partial charge in [-0.05, 0) is 5.56 Å². The number of H-pyrrole nitrogens is 1. The molecule has 1 heterocycles. The molecule has 0 atom stereocenters. The molecule has 0 unspecified atom stereocenters. The minimum Gasteiger partial charge on any atom is -0.465 e. The van der Waals surface area contributed by atoms with Gasteiger partial charge in [-0.3, -0.25) is 10.1 Å². The second-order valence-electron chi connectivity index (χ2n) is 4.64. The normalized spacial score (nSPS) is 10.2. The van der Waals surface area contributed by atoms with Crippen LogP contribution in [-0.4, -0.2) is 36.1 Å². The number of nitrogens with one attached hydrogen (secondary N) is 1. The number of rotatable bonds is 5. The van der Waals surface area contributed by atoms with Crippen LogP contribution >= 0.6 is 0 Å². The Morgan fingerprint density at radius 3 is 2.52 bits per heavy atom. The van der Waals surface area contributed by atoms with E-state index in [1.54, 1.807) is 6.07 Å². The van der Waals surface area contributed by atoms with Crippen LogP contribution in [0.4, 0.5) is 5.69 Å². The van der Waals surface area contributed by atoms with Gasteiger partial charge in [0.2, 0.25) is 0 Å². The van der Waals surface area contributed by atoms with Gasteiger partial charge >= 0.3 is 11.9 Å². The van der Waals surface area contributed by atoms with Crippen molar-refractivity contribution in [3.8, 4) is 0 Å². The molecule has 0 radical (unpaired) electrons. The second kappa shape index (κ2) is 6.73. The molecule has 1 aromatic carbocycles. The number of hydrogen-bond donors (Lipinski definition) is 1. The number of ether oxygens (including phenoxy) is 2. The molecule has 1 N–H and O–H groups in total. The number of non-ortho nitro benzene ring substituents is 1. The predicted molar refractivity (Wildman–Crippen MR) is 79.4 cm³/mol. The lowest BCUT2D eigenvalue weighted by Gasteiger charge is -2.06. The molecule has 23 heavy (non-hydrogen) atoms. The molecule has 8 nitrogen and oxygen atoms in total. The Morgan fingerprint density at radius 1 is 1.22 bits per heavy atom. The van der Waals surface area contributed by atoms with Crippen molar-refractivity contribution in [3.63, 3.8) is 0 Å². The summed E-state index contributed by atoms with van der Waals surface area (Å²) < 4.78 is 9.36. The SMILES string of the molecule is COC(=O)c1c[nH]c(C(=O)OC)c1Cc1cccc([N+](=O)[O-])c1. The number of aromatic amines is 1. The van der Waals surface area contributed by atoms with E-state index in [4.69, 9.17) is 0 Å². The Bertz CT molecular complexity index is 732. The summed E-state index contributed by atoms with van der Waals surface area (Å²) in [5, 5.41) is 10.8. The van der Waals surface area contributed by atoms with Gasteiger partial charge in [0.15, 0.2) is 0 Å². The van der Waals surface area contributed by atoms with Crippen LogP contribution in [0.5, 0.6) is 0 Å². The van der Waals surface area contributed by atoms with E-state index < -0.39 is 16.9 Å². The Kier molecular flexibility index (Phi) is 4.75. The zero-order chi connectivity index (χ0) is 17.0. The first-order valence-corrected chi connectivity index (χ1v) is 6.58. The van der Waals surface area contributed by atoms with Crippen molar-refractivity contribution in [2.75, 3.05) is 14.2 Å². The number of nitro groups is 1. The lowest BCUT2D eigenvalue weighted by atomic mass is 10.0. The molecule has 2 rings (SSSR count). The Hall–Kier alpha value is -3.16. The maximum absolute atomic E-state index is 11.8. The fourth-order valence-corrected chi connectivity index (χ4v) is 2.20. The number of carbonyl (C=O) groups is 2. The first kappa shape index (κ1) is 16.2. The molecular formula is C15H14N2O6. The maximum atomic E-state index is 11.8. The van der Waals surface area contributed by atoms with Crippen LogP contribution in [0.2, 0.25) is 0 Å². The number of hydrogen-bond acceptors (Lipinski definition) is 6. The third-order valence-corrected chi connectivity index (χ3v) is 3.28. The number of benzene rings is 1. The van der Waals surface area contributed by atoms with Gasteiger partial charge in [0.1, 0.15) is 5.69 Å². The Morgan fingerprint density at radius 2 is 1.91 bits per heavy atom. The van der Waals surface area contributed by atoms with E-state index >= 15 is 0 Å². The standard InChI is InChI=1S/C15H14N2O6/c1-22-14(18)12-8-16-13(15(19)23-2)11(12)7-9-4-3-5-10(6-9)17(20)21/h3-6,8,16H,7H2,1-2H3. The van der Waals surface area contributed by atoms with Gasteiger partial charge in [0.25, 0.3) is 5.69 Å². The summed E-state index contributed by atoms with van der Waals surface area (Å²) in [6, 6.07) is 5.95. The van der Waals surface area contributed by atoms with E-state index in [1.165, 1.54) is 38.6 Å². The number of methoxy groups -OCH3 is 2. The van der Waals surface area contributed by atoms with E-state index in [0.29, 0.717) is 11.1 Å². The molecule has 8 heteroatoms. The van der Waals surface area contributed by atoms with Gasteiger partial charge in [0, 0.05) is 30.3 Å². The largest absolute Gasteiger partial charge is 0.465 e. The molecule has 0 aliphatic rings. The number of esters is 2. The summed E-state index contributed by atoms with van der Waals surface area (Å²) in [6.45, 7) is 0. The highest BCUT2D eigenvalue weighted by Crippen LogP contribution is 2.22. The van der Waals surface area contributed by atoms with Crippen LogP contribution in [0.1, 0.15) is 32.0 Å². The Labute approximate surface area is 131 Å². The molecule has 0 saturated carbocycles.